The van der Waals surface area contributed by atoms with E-state index in [1.807, 2.05) is 6.92 Å². The highest BCUT2D eigenvalue weighted by molar-refractivity contribution is 5.73. The average molecular weight is 632 g/mol. The van der Waals surface area contributed by atoms with Gasteiger partial charge < -0.3 is 14.9 Å². The van der Waals surface area contributed by atoms with Gasteiger partial charge in [-0.1, -0.05) is 19.1 Å². The Labute approximate surface area is 247 Å². The third kappa shape index (κ3) is 9.62. The van der Waals surface area contributed by atoms with Crippen LogP contribution < -0.4 is 4.74 Å². The van der Waals surface area contributed by atoms with E-state index >= 15 is 0 Å². The van der Waals surface area contributed by atoms with Gasteiger partial charge in [0, 0.05) is 50.3 Å². The number of fused-ring (bicyclic) bond motifs is 1. The van der Waals surface area contributed by atoms with E-state index in [4.69, 9.17) is 19.7 Å². The number of carboxylic acid groups (broad SMARTS) is 2. The van der Waals surface area contributed by atoms with Gasteiger partial charge in [0.25, 0.3) is 0 Å². The Morgan fingerprint density at radius 2 is 1.75 bits per heavy atom. The van der Waals surface area contributed by atoms with Crippen molar-refractivity contribution < 1.29 is 55.3 Å². The predicted molar refractivity (Wildman–Crippen MR) is 142 cm³/mol. The molecule has 1 atom stereocenters. The molecular formula is C29H28F7N3O5. The van der Waals surface area contributed by atoms with Crippen molar-refractivity contribution in [3.8, 4) is 17.1 Å². The van der Waals surface area contributed by atoms with Crippen LogP contribution in [0.4, 0.5) is 30.7 Å². The first-order chi connectivity index (χ1) is 20.4. The first-order valence-electron chi connectivity index (χ1n) is 13.1. The van der Waals surface area contributed by atoms with E-state index in [0.29, 0.717) is 25.1 Å². The Morgan fingerprint density at radius 3 is 2.34 bits per heavy atom. The number of hydrogen-bond acceptors (Lipinski definition) is 6. The number of carboxylic acids is 2. The SMILES string of the molecule is Cc1ccc(COc2ccc(-c3ncc4c(n3)CCN(CC(C)CC(=O)O)C4)c(F)c2)cc1C(F)(F)F.O=C(O)C(F)(F)F. The van der Waals surface area contributed by atoms with Gasteiger partial charge >= 0.3 is 24.3 Å². The molecule has 4 rings (SSSR count). The van der Waals surface area contributed by atoms with E-state index in [9.17, 15) is 35.5 Å². The van der Waals surface area contributed by atoms with E-state index in [-0.39, 0.29) is 41.6 Å². The highest BCUT2D eigenvalue weighted by Gasteiger charge is 2.38. The van der Waals surface area contributed by atoms with Gasteiger partial charge in [0.15, 0.2) is 5.82 Å². The average Bonchev–Trinajstić information content (AvgIpc) is 2.91. The number of ether oxygens (including phenoxy) is 1. The fraction of sp³-hybridized carbons (Fsp3) is 0.379. The maximum atomic E-state index is 14.9. The summed E-state index contributed by atoms with van der Waals surface area (Å²) in [4.78, 5) is 30.9. The highest BCUT2D eigenvalue weighted by atomic mass is 19.4. The van der Waals surface area contributed by atoms with Crippen molar-refractivity contribution in [3.63, 3.8) is 0 Å². The summed E-state index contributed by atoms with van der Waals surface area (Å²) in [5.74, 6) is -3.73. The molecule has 0 amide bonds. The highest BCUT2D eigenvalue weighted by Crippen LogP contribution is 2.33. The molecule has 0 saturated carbocycles. The second-order valence-corrected chi connectivity index (χ2v) is 10.2. The Bertz CT molecular complexity index is 1500. The van der Waals surface area contributed by atoms with Crippen LogP contribution in [0.25, 0.3) is 11.4 Å². The zero-order valence-corrected chi connectivity index (χ0v) is 23.5. The number of aliphatic carboxylic acids is 2. The minimum absolute atomic E-state index is 0.0202. The molecule has 2 N–H and O–H groups in total. The molecule has 44 heavy (non-hydrogen) atoms. The molecule has 2 aromatic carbocycles. The zero-order chi connectivity index (χ0) is 32.8. The van der Waals surface area contributed by atoms with Gasteiger partial charge in [0.1, 0.15) is 18.2 Å². The Balaban J connectivity index is 0.000000676. The minimum atomic E-state index is -5.08. The van der Waals surface area contributed by atoms with Crippen molar-refractivity contribution in [1.82, 2.24) is 14.9 Å². The normalized spacial score (nSPS) is 14.2. The number of aromatic nitrogens is 2. The second-order valence-electron chi connectivity index (χ2n) is 10.2. The summed E-state index contributed by atoms with van der Waals surface area (Å²) in [6.07, 6.45) is -7.12. The van der Waals surface area contributed by atoms with E-state index in [1.54, 1.807) is 12.3 Å². The quantitative estimate of drug-likeness (QED) is 0.279. The number of aryl methyl sites for hydroxylation is 1. The molecule has 1 unspecified atom stereocenters. The molecule has 0 spiro atoms. The number of alkyl halides is 6. The van der Waals surface area contributed by atoms with Crippen molar-refractivity contribution in [1.29, 1.82) is 0 Å². The fourth-order valence-corrected chi connectivity index (χ4v) is 4.46. The number of benzene rings is 2. The van der Waals surface area contributed by atoms with Crippen molar-refractivity contribution in [3.05, 3.63) is 76.4 Å². The molecule has 15 heteroatoms. The van der Waals surface area contributed by atoms with E-state index in [0.717, 1.165) is 23.9 Å². The summed E-state index contributed by atoms with van der Waals surface area (Å²) in [6.45, 7) is 5.13. The van der Waals surface area contributed by atoms with Crippen LogP contribution in [0, 0.1) is 18.7 Å². The number of nitrogens with zero attached hydrogens (tertiary/aromatic N) is 3. The lowest BCUT2D eigenvalue weighted by Gasteiger charge is -2.29. The lowest BCUT2D eigenvalue weighted by Crippen LogP contribution is -2.35. The third-order valence-electron chi connectivity index (χ3n) is 6.54. The van der Waals surface area contributed by atoms with Crippen LogP contribution in [-0.2, 0) is 35.3 Å². The van der Waals surface area contributed by atoms with Crippen molar-refractivity contribution in [2.75, 3.05) is 13.1 Å². The van der Waals surface area contributed by atoms with Crippen molar-refractivity contribution in [2.45, 2.75) is 52.2 Å². The summed E-state index contributed by atoms with van der Waals surface area (Å²) in [7, 11) is 0. The van der Waals surface area contributed by atoms with Crippen LogP contribution in [0.15, 0.2) is 42.6 Å². The topological polar surface area (TPSA) is 113 Å². The summed E-state index contributed by atoms with van der Waals surface area (Å²) in [5.41, 5.74) is 1.67. The van der Waals surface area contributed by atoms with Crippen molar-refractivity contribution in [2.24, 2.45) is 5.92 Å². The maximum Gasteiger partial charge on any atom is 0.490 e. The minimum Gasteiger partial charge on any atom is -0.489 e. The molecule has 2 heterocycles. The van der Waals surface area contributed by atoms with Gasteiger partial charge in [-0.2, -0.15) is 26.3 Å². The standard InChI is InChI=1S/C27H27F4N3O3.C2HF3O2/c1-16(9-25(35)36)13-34-8-7-24-19(14-34)12-32-26(33-24)21-6-5-20(11-23(21)28)37-15-18-4-3-17(2)22(10-18)27(29,30)31;3-2(4,5)1(6)7/h3-6,10-12,16H,7-9,13-15H2,1-2H3,(H,35,36);(H,6,7). The number of halogens is 7. The number of hydrogen-bond donors (Lipinski definition) is 2. The molecular weight excluding hydrogens is 603 g/mol. The molecule has 1 aliphatic rings. The van der Waals surface area contributed by atoms with Gasteiger partial charge in [-0.25, -0.2) is 19.2 Å². The van der Waals surface area contributed by atoms with Crippen LogP contribution in [0.5, 0.6) is 5.75 Å². The largest absolute Gasteiger partial charge is 0.490 e. The fourth-order valence-electron chi connectivity index (χ4n) is 4.46. The molecule has 0 fully saturated rings. The number of rotatable bonds is 8. The van der Waals surface area contributed by atoms with Crippen LogP contribution in [0.3, 0.4) is 0 Å². The Hall–Kier alpha value is -4.27. The molecule has 238 valence electrons. The molecule has 8 nitrogen and oxygen atoms in total. The Kier molecular flexibility index (Phi) is 10.9. The lowest BCUT2D eigenvalue weighted by molar-refractivity contribution is -0.192. The monoisotopic (exact) mass is 631 g/mol. The molecule has 0 radical (unpaired) electrons. The summed E-state index contributed by atoms with van der Waals surface area (Å²) < 4.78 is 91.6. The van der Waals surface area contributed by atoms with Gasteiger partial charge in [-0.15, -0.1) is 0 Å². The lowest BCUT2D eigenvalue weighted by atomic mass is 10.0. The molecule has 3 aromatic rings. The zero-order valence-electron chi connectivity index (χ0n) is 23.5. The van der Waals surface area contributed by atoms with Gasteiger partial charge in [-0.3, -0.25) is 9.69 Å². The predicted octanol–water partition coefficient (Wildman–Crippen LogP) is 6.29. The van der Waals surface area contributed by atoms with E-state index < -0.39 is 35.7 Å². The Morgan fingerprint density at radius 1 is 1.07 bits per heavy atom. The summed E-state index contributed by atoms with van der Waals surface area (Å²) in [6, 6.07) is 8.16. The van der Waals surface area contributed by atoms with Crippen LogP contribution in [0.2, 0.25) is 0 Å². The third-order valence-corrected chi connectivity index (χ3v) is 6.54. The molecule has 0 saturated heterocycles. The van der Waals surface area contributed by atoms with E-state index in [1.165, 1.54) is 31.2 Å². The maximum absolute atomic E-state index is 14.9. The first-order valence-corrected chi connectivity index (χ1v) is 13.1. The van der Waals surface area contributed by atoms with Gasteiger partial charge in [-0.05, 0) is 42.2 Å². The second kappa shape index (κ2) is 14.0. The van der Waals surface area contributed by atoms with Crippen LogP contribution in [0.1, 0.15) is 41.3 Å². The number of carbonyl (C=O) groups is 2. The first kappa shape index (κ1) is 34.2. The molecule has 0 aliphatic carbocycles. The molecule has 1 aromatic heterocycles. The molecule has 0 bridgehead atoms. The van der Waals surface area contributed by atoms with Crippen LogP contribution in [-0.4, -0.2) is 56.3 Å². The summed E-state index contributed by atoms with van der Waals surface area (Å²) in [5, 5.41) is 16.1. The van der Waals surface area contributed by atoms with Gasteiger partial charge in [0.05, 0.1) is 16.8 Å². The van der Waals surface area contributed by atoms with E-state index in [2.05, 4.69) is 14.9 Å². The van der Waals surface area contributed by atoms with Crippen molar-refractivity contribution >= 4 is 11.9 Å². The van der Waals surface area contributed by atoms with Gasteiger partial charge in [0.2, 0.25) is 0 Å². The summed E-state index contributed by atoms with van der Waals surface area (Å²) >= 11 is 0. The van der Waals surface area contributed by atoms with Crippen LogP contribution >= 0.6 is 0 Å². The molecule has 1 aliphatic heterocycles. The smallest absolute Gasteiger partial charge is 0.489 e.